The molecule has 7 aliphatic rings. The number of hydrogen-bond acceptors (Lipinski definition) is 13. The molecule has 3 aliphatic heterocycles. The van der Waals surface area contributed by atoms with Crippen LogP contribution >= 0.6 is 0 Å². The molecule has 3 heterocycles. The summed E-state index contributed by atoms with van der Waals surface area (Å²) in [6, 6.07) is -10.9. The first kappa shape index (κ1) is 88.8. The van der Waals surface area contributed by atoms with Crippen molar-refractivity contribution in [1.82, 2.24) is 60.0 Å². The normalized spacial score (nSPS) is 32.0. The van der Waals surface area contributed by atoms with E-state index in [0.29, 0.717) is 50.9 Å². The summed E-state index contributed by atoms with van der Waals surface area (Å²) in [6.45, 7) is 12.8. The van der Waals surface area contributed by atoms with Crippen molar-refractivity contribution in [3.8, 4) is 12.3 Å². The van der Waals surface area contributed by atoms with Gasteiger partial charge in [0.1, 0.15) is 78.7 Å². The van der Waals surface area contributed by atoms with Gasteiger partial charge in [0, 0.05) is 75.5 Å². The summed E-state index contributed by atoms with van der Waals surface area (Å²) < 4.78 is 79.2. The van der Waals surface area contributed by atoms with Gasteiger partial charge in [-0.2, -0.15) is 13.2 Å². The number of rotatable bonds is 14. The molecule has 25 nitrogen and oxygen atoms in total. The molecule has 3 N–H and O–H groups in total. The van der Waals surface area contributed by atoms with Crippen molar-refractivity contribution in [1.29, 1.82) is 0 Å². The molecular formula is C79H123F5N12O13. The van der Waals surface area contributed by atoms with E-state index in [9.17, 15) is 27.6 Å². The Hall–Kier alpha value is -7.45. The number of carbonyl (C=O) groups is 12. The number of likely N-dealkylation sites (N-methyl/N-ethyl adjacent to an activating group) is 6. The predicted molar refractivity (Wildman–Crippen MR) is 398 cm³/mol. The molecule has 30 heteroatoms. The number of hydrogen-bond donors (Lipinski definition) is 3. The van der Waals surface area contributed by atoms with Crippen molar-refractivity contribution >= 4 is 70.9 Å². The lowest BCUT2D eigenvalue weighted by atomic mass is 9.58. The molecule has 0 aromatic rings. The van der Waals surface area contributed by atoms with E-state index in [1.807, 2.05) is 33.8 Å². The molecular weight excluding hydrogens is 1420 g/mol. The van der Waals surface area contributed by atoms with Gasteiger partial charge in [0.05, 0.1) is 25.6 Å². The Morgan fingerprint density at radius 1 is 0.716 bits per heavy atom. The van der Waals surface area contributed by atoms with Gasteiger partial charge in [-0.15, -0.1) is 6.42 Å². The Morgan fingerprint density at radius 2 is 1.35 bits per heavy atom. The summed E-state index contributed by atoms with van der Waals surface area (Å²) in [6.07, 6.45) is 1.70. The van der Waals surface area contributed by atoms with Crippen LogP contribution in [0.3, 0.4) is 0 Å². The maximum Gasteiger partial charge on any atom is 0.397 e. The summed E-state index contributed by atoms with van der Waals surface area (Å²) in [5.41, 5.74) is -2.30. The van der Waals surface area contributed by atoms with Gasteiger partial charge in [-0.05, 0) is 125 Å². The fourth-order valence-electron chi connectivity index (χ4n) is 18.0. The van der Waals surface area contributed by atoms with E-state index >= 15 is 51.9 Å². The van der Waals surface area contributed by atoms with Crippen molar-refractivity contribution < 1.29 is 84.2 Å². The van der Waals surface area contributed by atoms with Gasteiger partial charge in [-0.3, -0.25) is 57.5 Å². The lowest BCUT2D eigenvalue weighted by molar-refractivity contribution is -0.219. The molecule has 0 aromatic heterocycles. The smallest absolute Gasteiger partial charge is 0.377 e. The van der Waals surface area contributed by atoms with E-state index < -0.39 is 224 Å². The van der Waals surface area contributed by atoms with E-state index in [1.165, 1.54) is 78.7 Å². The Kier molecular flexibility index (Phi) is 31.1. The standard InChI is InChI=1S/C79H123F5N12O13/c1-17-34-94-44-64(99)90(13)57-27-21-20-24-35-95(73(57)105)61(39-50-30-28-48(6)29-31-50)72(104)89(12)43-62(97)85-56(33-32-51-37-54(80)65(55(81)38-51)79(82,83)84)70(102)96-42-53(109-19-3)40-59(96)69(101)87-78(45-77(8,9)46-78)76(108)93(16)67(52-25-22-23-26-52)75(107)92(15)60(71(103)88(10)11)41-63(98)91(14)58(36-47(4)5)68(100)86-66(74(94)106)49(7)18-2/h1,20-21,47-61,65-67H,18-19,22-46H2,2-16H3,(H,85,97)(H,86,100)(H,87,101)/b21-20-/t48?,49-,50?,51?,53+,54?,55?,56-,57-,58-,59-,60-,61-,65?,66-,67-/m0/s1. The molecule has 1 spiro atoms. The zero-order valence-electron chi connectivity index (χ0n) is 66.9. The van der Waals surface area contributed by atoms with E-state index in [4.69, 9.17) is 11.2 Å². The van der Waals surface area contributed by atoms with E-state index in [-0.39, 0.29) is 82.9 Å². The lowest BCUT2D eigenvalue weighted by Gasteiger charge is -2.54. The van der Waals surface area contributed by atoms with E-state index in [2.05, 4.69) is 28.8 Å². The average molecular weight is 1540 g/mol. The maximum atomic E-state index is 15.8. The van der Waals surface area contributed by atoms with Gasteiger partial charge in [0.25, 0.3) is 0 Å². The fourth-order valence-corrected chi connectivity index (χ4v) is 18.0. The summed E-state index contributed by atoms with van der Waals surface area (Å²) in [4.78, 5) is 194. The summed E-state index contributed by atoms with van der Waals surface area (Å²) >= 11 is 0. The van der Waals surface area contributed by atoms with Crippen LogP contribution in [0.25, 0.3) is 0 Å². The first-order chi connectivity index (χ1) is 51.1. The largest absolute Gasteiger partial charge is 0.397 e. The lowest BCUT2D eigenvalue weighted by Crippen LogP contribution is -2.71. The summed E-state index contributed by atoms with van der Waals surface area (Å²) in [5, 5.41) is 8.64. The summed E-state index contributed by atoms with van der Waals surface area (Å²) in [5.74, 6) is -11.3. The minimum atomic E-state index is -5.18. The first-order valence-electron chi connectivity index (χ1n) is 39.5. The van der Waals surface area contributed by atoms with Crippen molar-refractivity contribution in [2.45, 2.75) is 269 Å². The fraction of sp³-hybridized carbons (Fsp3) is 0.797. The van der Waals surface area contributed by atoms with Crippen LogP contribution < -0.4 is 16.0 Å². The second-order valence-electron chi connectivity index (χ2n) is 33.9. The molecule has 2 bridgehead atoms. The van der Waals surface area contributed by atoms with Crippen LogP contribution in [0.5, 0.6) is 0 Å². The molecule has 6 fully saturated rings. The van der Waals surface area contributed by atoms with Crippen LogP contribution in [0.1, 0.15) is 190 Å². The van der Waals surface area contributed by atoms with E-state index in [0.717, 1.165) is 27.5 Å². The third-order valence-electron chi connectivity index (χ3n) is 24.3. The van der Waals surface area contributed by atoms with Crippen LogP contribution in [0.15, 0.2) is 12.2 Å². The average Bonchev–Trinajstić information content (AvgIpc) is 1.40. The summed E-state index contributed by atoms with van der Waals surface area (Å²) in [7, 11) is 9.85. The second kappa shape index (κ2) is 38.2. The highest BCUT2D eigenvalue weighted by atomic mass is 19.4. The van der Waals surface area contributed by atoms with Crippen LogP contribution in [0.4, 0.5) is 22.0 Å². The highest BCUT2D eigenvalue weighted by Crippen LogP contribution is 2.50. The highest BCUT2D eigenvalue weighted by Gasteiger charge is 2.60. The number of carbonyl (C=O) groups excluding carboxylic acids is 12. The van der Waals surface area contributed by atoms with Gasteiger partial charge in [0.15, 0.2) is 0 Å². The molecule has 2 unspecified atom stereocenters. The van der Waals surface area contributed by atoms with Crippen LogP contribution in [0, 0.1) is 59.2 Å². The third kappa shape index (κ3) is 21.8. The number of nitrogens with zero attached hydrogens (tertiary/aromatic N) is 9. The van der Waals surface area contributed by atoms with Crippen molar-refractivity contribution in [2.75, 3.05) is 88.7 Å². The molecule has 0 radical (unpaired) electrons. The zero-order chi connectivity index (χ0) is 81.1. The number of nitrogens with one attached hydrogen (secondary N) is 3. The molecule has 2 saturated heterocycles. The Bertz CT molecular complexity index is 3320. The molecule has 4 saturated carbocycles. The monoisotopic (exact) mass is 1540 g/mol. The molecule has 12 atom stereocenters. The van der Waals surface area contributed by atoms with Crippen LogP contribution in [-0.4, -0.2) is 282 Å². The quantitative estimate of drug-likeness (QED) is 0.0960. The minimum absolute atomic E-state index is 0.00546. The second-order valence-corrected chi connectivity index (χ2v) is 33.9. The molecule has 109 heavy (non-hydrogen) atoms. The van der Waals surface area contributed by atoms with Gasteiger partial charge in [-0.25, -0.2) is 8.78 Å². The van der Waals surface area contributed by atoms with Gasteiger partial charge in [-0.1, -0.05) is 111 Å². The topological polar surface area (TPSA) is 279 Å². The molecule has 612 valence electrons. The Morgan fingerprint density at radius 3 is 1.92 bits per heavy atom. The number of fused-ring (bicyclic) bond motifs is 3. The molecule has 4 aliphatic carbocycles. The van der Waals surface area contributed by atoms with Gasteiger partial charge >= 0.3 is 6.18 Å². The maximum absolute atomic E-state index is 15.8. The number of terminal acetylenes is 1. The number of alkyl halides is 5. The van der Waals surface area contributed by atoms with Crippen molar-refractivity contribution in [2.24, 2.45) is 46.8 Å². The molecule has 7 rings (SSSR count). The molecule has 0 aromatic carbocycles. The number of ether oxygens (including phenoxy) is 1. The molecule has 12 amide bonds. The number of halogens is 5. The van der Waals surface area contributed by atoms with Crippen molar-refractivity contribution in [3.63, 3.8) is 0 Å². The van der Waals surface area contributed by atoms with Crippen LogP contribution in [0.2, 0.25) is 0 Å². The first-order valence-corrected chi connectivity index (χ1v) is 39.5. The predicted octanol–water partition coefficient (Wildman–Crippen LogP) is 6.45. The zero-order valence-corrected chi connectivity index (χ0v) is 66.9. The Labute approximate surface area is 641 Å². The Balaban J connectivity index is 1.35. The highest BCUT2D eigenvalue weighted by molar-refractivity contribution is 6.01. The van der Waals surface area contributed by atoms with Crippen molar-refractivity contribution in [3.05, 3.63) is 12.2 Å². The van der Waals surface area contributed by atoms with E-state index in [1.54, 1.807) is 26.8 Å². The third-order valence-corrected chi connectivity index (χ3v) is 24.3. The van der Waals surface area contributed by atoms with Gasteiger partial charge in [0.2, 0.25) is 70.9 Å². The SMILES string of the molecule is C#CCN1CC(=O)N(C)[C@H]2C/C=C\CCN(C2=O)[C@@H](CC2CCC(C)CC2)C(=O)N(C)CC(=O)N[C@@H](CCC2CC(F)C(C(F)(F)F)C(F)C2)C(=O)N2C[C@H](OCC)C[C@H]2C(=O)NC2(CC(C)(C)C2)C(=O)N(C)[C@@H](C2CCCC2)C(=O)N(C)[C@H](C(=O)N(C)C)CC(=O)N(C)[C@@H](CC(C)C)C(=O)N[C@@H]([C@@H](C)CC)C1=O. The minimum Gasteiger partial charge on any atom is -0.377 e. The van der Waals surface area contributed by atoms with Gasteiger partial charge < -0.3 is 64.8 Å². The number of amides is 12. The van der Waals surface area contributed by atoms with Crippen LogP contribution in [-0.2, 0) is 62.3 Å².